The summed E-state index contributed by atoms with van der Waals surface area (Å²) in [6.45, 7) is 4.84. The fraction of sp³-hybridized carbons (Fsp3) is 0.611. The average molecular weight is 384 g/mol. The van der Waals surface area contributed by atoms with Gasteiger partial charge in [-0.1, -0.05) is 6.92 Å². The number of carbonyl (C=O) groups excluding carboxylic acids is 1. The molecule has 1 heterocycles. The number of ether oxygens (including phenoxy) is 1. The number of carbonyl (C=O) groups is 1. The molecule has 3 N–H and O–H groups in total. The highest BCUT2D eigenvalue weighted by molar-refractivity contribution is 7.89. The maximum absolute atomic E-state index is 13.1. The molecule has 0 aliphatic carbocycles. The molecule has 0 bridgehead atoms. The van der Waals surface area contributed by atoms with Crippen molar-refractivity contribution in [3.8, 4) is 5.75 Å². The van der Waals surface area contributed by atoms with Crippen LogP contribution in [0.5, 0.6) is 5.75 Å². The van der Waals surface area contributed by atoms with Crippen molar-refractivity contribution in [1.29, 1.82) is 0 Å². The van der Waals surface area contributed by atoms with Crippen molar-refractivity contribution in [1.82, 2.24) is 9.62 Å². The highest BCUT2D eigenvalue weighted by atomic mass is 32.2. The van der Waals surface area contributed by atoms with Gasteiger partial charge >= 0.3 is 0 Å². The van der Waals surface area contributed by atoms with Crippen LogP contribution < -0.4 is 15.8 Å². The Hall–Kier alpha value is -1.64. The second kappa shape index (κ2) is 8.83. The molecule has 1 saturated heterocycles. The normalized spacial score (nSPS) is 19.8. The number of sulfonamides is 1. The molecule has 1 aromatic carbocycles. The summed E-state index contributed by atoms with van der Waals surface area (Å²) in [5.74, 6) is 0.614. The van der Waals surface area contributed by atoms with E-state index in [1.807, 2.05) is 6.92 Å². The maximum atomic E-state index is 13.1. The van der Waals surface area contributed by atoms with Gasteiger partial charge in [-0.15, -0.1) is 0 Å². The van der Waals surface area contributed by atoms with Crippen molar-refractivity contribution in [2.24, 2.45) is 11.7 Å². The van der Waals surface area contributed by atoms with Crippen LogP contribution in [0.2, 0.25) is 0 Å². The highest BCUT2D eigenvalue weighted by Gasteiger charge is 2.32. The molecule has 0 saturated carbocycles. The van der Waals surface area contributed by atoms with Crippen LogP contribution in [-0.4, -0.2) is 44.9 Å². The van der Waals surface area contributed by atoms with Crippen LogP contribution in [0.15, 0.2) is 23.1 Å². The summed E-state index contributed by atoms with van der Waals surface area (Å²) in [5, 5.41) is 2.76. The third-order valence-corrected chi connectivity index (χ3v) is 6.71. The summed E-state index contributed by atoms with van der Waals surface area (Å²) in [7, 11) is -2.09. The van der Waals surface area contributed by atoms with E-state index in [1.165, 1.54) is 11.4 Å². The molecule has 146 valence electrons. The maximum Gasteiger partial charge on any atom is 0.243 e. The molecule has 0 radical (unpaired) electrons. The third-order valence-electron chi connectivity index (χ3n) is 4.85. The molecule has 1 aromatic rings. The van der Waals surface area contributed by atoms with Crippen molar-refractivity contribution in [2.75, 3.05) is 20.2 Å². The molecule has 1 aliphatic heterocycles. The summed E-state index contributed by atoms with van der Waals surface area (Å²) in [6.07, 6.45) is 2.12. The van der Waals surface area contributed by atoms with Gasteiger partial charge in [-0.2, -0.15) is 4.31 Å². The quantitative estimate of drug-likeness (QED) is 0.742. The zero-order valence-corrected chi connectivity index (χ0v) is 16.5. The lowest BCUT2D eigenvalue weighted by Crippen LogP contribution is -2.44. The van der Waals surface area contributed by atoms with Crippen molar-refractivity contribution in [2.45, 2.75) is 50.6 Å². The lowest BCUT2D eigenvalue weighted by molar-refractivity contribution is -0.120. The minimum Gasteiger partial charge on any atom is -0.496 e. The van der Waals surface area contributed by atoms with E-state index in [1.54, 1.807) is 25.1 Å². The molecule has 1 fully saturated rings. The SMILES string of the molecule is CCC(=O)NCc1cc(S(=O)(=O)N2CCCC(C(C)N)C2)ccc1OC. The fourth-order valence-electron chi connectivity index (χ4n) is 3.14. The predicted molar refractivity (Wildman–Crippen MR) is 100 cm³/mol. The topological polar surface area (TPSA) is 102 Å². The zero-order valence-electron chi connectivity index (χ0n) is 15.7. The predicted octanol–water partition coefficient (Wildman–Crippen LogP) is 1.47. The van der Waals surface area contributed by atoms with Crippen LogP contribution in [0.25, 0.3) is 0 Å². The molecule has 26 heavy (non-hydrogen) atoms. The summed E-state index contributed by atoms with van der Waals surface area (Å²) in [5.41, 5.74) is 6.61. The summed E-state index contributed by atoms with van der Waals surface area (Å²) < 4.78 is 32.9. The molecule has 7 nitrogen and oxygen atoms in total. The summed E-state index contributed by atoms with van der Waals surface area (Å²) >= 11 is 0. The van der Waals surface area contributed by atoms with Gasteiger partial charge in [-0.05, 0) is 43.9 Å². The van der Waals surface area contributed by atoms with E-state index in [9.17, 15) is 13.2 Å². The Morgan fingerprint density at radius 3 is 2.81 bits per heavy atom. The first-order valence-corrected chi connectivity index (χ1v) is 10.4. The lowest BCUT2D eigenvalue weighted by atomic mass is 9.93. The zero-order chi connectivity index (χ0) is 19.3. The van der Waals surface area contributed by atoms with Gasteiger partial charge < -0.3 is 15.8 Å². The van der Waals surface area contributed by atoms with Gasteiger partial charge in [0.15, 0.2) is 0 Å². The van der Waals surface area contributed by atoms with Crippen LogP contribution in [0.1, 0.15) is 38.7 Å². The molecular weight excluding hydrogens is 354 g/mol. The largest absolute Gasteiger partial charge is 0.496 e. The third kappa shape index (κ3) is 4.75. The fourth-order valence-corrected chi connectivity index (χ4v) is 4.73. The number of hydrogen-bond donors (Lipinski definition) is 2. The van der Waals surface area contributed by atoms with Gasteiger partial charge in [0.1, 0.15) is 5.75 Å². The second-order valence-corrected chi connectivity index (χ2v) is 8.67. The van der Waals surface area contributed by atoms with Crippen molar-refractivity contribution >= 4 is 15.9 Å². The van der Waals surface area contributed by atoms with E-state index in [-0.39, 0.29) is 29.3 Å². The van der Waals surface area contributed by atoms with Crippen molar-refractivity contribution < 1.29 is 17.9 Å². The monoisotopic (exact) mass is 383 g/mol. The van der Waals surface area contributed by atoms with Crippen LogP contribution in [-0.2, 0) is 21.4 Å². The van der Waals surface area contributed by atoms with Crippen molar-refractivity contribution in [3.63, 3.8) is 0 Å². The van der Waals surface area contributed by atoms with Gasteiger partial charge in [0.25, 0.3) is 0 Å². The molecule has 8 heteroatoms. The van der Waals surface area contributed by atoms with Gasteiger partial charge in [-0.25, -0.2) is 8.42 Å². The van der Waals surface area contributed by atoms with Gasteiger partial charge in [0.2, 0.25) is 15.9 Å². The van der Waals surface area contributed by atoms with Crippen LogP contribution in [0, 0.1) is 5.92 Å². The first kappa shape index (κ1) is 20.7. The van der Waals surface area contributed by atoms with E-state index in [4.69, 9.17) is 10.5 Å². The van der Waals surface area contributed by atoms with E-state index in [2.05, 4.69) is 5.32 Å². The molecular formula is C18H29N3O4S. The van der Waals surface area contributed by atoms with E-state index in [0.29, 0.717) is 30.8 Å². The number of nitrogens with one attached hydrogen (secondary N) is 1. The number of nitrogens with zero attached hydrogens (tertiary/aromatic N) is 1. The Balaban J connectivity index is 2.26. The van der Waals surface area contributed by atoms with Gasteiger partial charge in [0.05, 0.1) is 12.0 Å². The minimum atomic E-state index is -3.61. The Labute approximate surface area is 155 Å². The number of rotatable bonds is 7. The molecule has 0 aromatic heterocycles. The first-order valence-electron chi connectivity index (χ1n) is 8.99. The van der Waals surface area contributed by atoms with E-state index >= 15 is 0 Å². The highest BCUT2D eigenvalue weighted by Crippen LogP contribution is 2.28. The van der Waals surface area contributed by atoms with E-state index < -0.39 is 10.0 Å². The van der Waals surface area contributed by atoms with Crippen LogP contribution in [0.3, 0.4) is 0 Å². The molecule has 2 unspecified atom stereocenters. The number of piperidine rings is 1. The molecule has 2 atom stereocenters. The van der Waals surface area contributed by atoms with E-state index in [0.717, 1.165) is 12.8 Å². The minimum absolute atomic E-state index is 0.0383. The standard InChI is InChI=1S/C18H29N3O4S/c1-4-18(22)20-11-15-10-16(7-8-17(15)25-3)26(23,24)21-9-5-6-14(12-21)13(2)19/h7-8,10,13-14H,4-6,9,11-12,19H2,1-3H3,(H,20,22). The Bertz CT molecular complexity index is 734. The second-order valence-electron chi connectivity index (χ2n) is 6.73. The molecule has 2 rings (SSSR count). The summed E-state index contributed by atoms with van der Waals surface area (Å²) in [4.78, 5) is 11.7. The average Bonchev–Trinajstić information content (AvgIpc) is 2.65. The number of nitrogens with two attached hydrogens (primary N) is 1. The van der Waals surface area contributed by atoms with Crippen LogP contribution >= 0.6 is 0 Å². The number of methoxy groups -OCH3 is 1. The Morgan fingerprint density at radius 2 is 2.19 bits per heavy atom. The summed E-state index contributed by atoms with van der Waals surface area (Å²) in [6, 6.07) is 4.73. The number of benzene rings is 1. The van der Waals surface area contributed by atoms with Gasteiger partial charge in [0, 0.05) is 37.7 Å². The van der Waals surface area contributed by atoms with Crippen LogP contribution in [0.4, 0.5) is 0 Å². The first-order chi connectivity index (χ1) is 12.3. The van der Waals surface area contributed by atoms with Gasteiger partial charge in [-0.3, -0.25) is 4.79 Å². The number of amides is 1. The Kier molecular flexibility index (Phi) is 7.02. The lowest BCUT2D eigenvalue weighted by Gasteiger charge is -2.33. The molecule has 0 spiro atoms. The Morgan fingerprint density at radius 1 is 1.46 bits per heavy atom. The molecule has 1 amide bonds. The van der Waals surface area contributed by atoms with Crippen molar-refractivity contribution in [3.05, 3.63) is 23.8 Å². The number of hydrogen-bond acceptors (Lipinski definition) is 5. The molecule has 1 aliphatic rings. The smallest absolute Gasteiger partial charge is 0.243 e.